The van der Waals surface area contributed by atoms with Crippen LogP contribution in [-0.4, -0.2) is 25.5 Å². The third kappa shape index (κ3) is 4.28. The third-order valence-electron chi connectivity index (χ3n) is 2.17. The number of nitrogens with two attached hydrogens (primary N) is 1. The van der Waals surface area contributed by atoms with Crippen molar-refractivity contribution in [3.05, 3.63) is 22.2 Å². The van der Waals surface area contributed by atoms with Gasteiger partial charge in [-0.15, -0.1) is 24.8 Å². The number of halogens is 4. The monoisotopic (exact) mass is 331 g/mol. The second-order valence-electron chi connectivity index (χ2n) is 3.34. The van der Waals surface area contributed by atoms with Crippen molar-refractivity contribution in [1.82, 2.24) is 5.32 Å². The third-order valence-corrected chi connectivity index (χ3v) is 2.80. The molecule has 102 valence electrons. The maximum absolute atomic E-state index is 5.88. The number of hydrogen-bond acceptors (Lipinski definition) is 4. The van der Waals surface area contributed by atoms with Crippen molar-refractivity contribution in [2.45, 2.75) is 0 Å². The van der Waals surface area contributed by atoms with Crippen LogP contribution < -0.4 is 15.8 Å². The number of aliphatic imine (C=N–C) groups is 1. The van der Waals surface area contributed by atoms with E-state index in [-0.39, 0.29) is 24.8 Å². The first-order valence-corrected chi connectivity index (χ1v) is 5.57. The summed E-state index contributed by atoms with van der Waals surface area (Å²) in [7, 11) is 0. The zero-order valence-corrected chi connectivity index (χ0v) is 12.4. The average molecular weight is 333 g/mol. The molecule has 0 saturated heterocycles. The topological polar surface area (TPSA) is 59.6 Å². The largest absolute Gasteiger partial charge is 0.486 e. The summed E-state index contributed by atoms with van der Waals surface area (Å²) < 4.78 is 5.49. The Bertz CT molecular complexity index is 416. The van der Waals surface area contributed by atoms with Crippen LogP contribution in [0.25, 0.3) is 0 Å². The molecule has 0 saturated carbocycles. The molecule has 0 atom stereocenters. The number of benzene rings is 1. The van der Waals surface area contributed by atoms with Gasteiger partial charge < -0.3 is 15.8 Å². The molecule has 0 fully saturated rings. The van der Waals surface area contributed by atoms with Gasteiger partial charge >= 0.3 is 0 Å². The van der Waals surface area contributed by atoms with Crippen LogP contribution in [0, 0.1) is 0 Å². The number of amidine groups is 1. The first kappa shape index (κ1) is 17.4. The molecule has 4 nitrogen and oxygen atoms in total. The van der Waals surface area contributed by atoms with Crippen LogP contribution in [0.4, 0.5) is 5.69 Å². The zero-order valence-electron chi connectivity index (χ0n) is 9.28. The smallest absolute Gasteiger partial charge is 0.145 e. The Balaban J connectivity index is 0.00000144. The molecule has 18 heavy (non-hydrogen) atoms. The molecule has 1 aromatic carbocycles. The van der Waals surface area contributed by atoms with Gasteiger partial charge in [0, 0.05) is 18.7 Å². The lowest BCUT2D eigenvalue weighted by Crippen LogP contribution is -2.24. The summed E-state index contributed by atoms with van der Waals surface area (Å²) in [6.45, 7) is 2.04. The van der Waals surface area contributed by atoms with Crippen molar-refractivity contribution in [2.75, 3.05) is 25.4 Å². The molecule has 0 radical (unpaired) electrons. The van der Waals surface area contributed by atoms with E-state index in [9.17, 15) is 0 Å². The van der Waals surface area contributed by atoms with Gasteiger partial charge in [-0.25, -0.2) is 0 Å². The molecular weight excluding hydrogens is 320 g/mol. The Morgan fingerprint density at radius 1 is 1.28 bits per heavy atom. The molecule has 1 aliphatic heterocycles. The minimum atomic E-state index is 0. The number of hydrogen-bond donors (Lipinski definition) is 2. The highest BCUT2D eigenvalue weighted by molar-refractivity contribution is 6.39. The molecule has 0 aromatic heterocycles. The molecule has 2 rings (SSSR count). The fraction of sp³-hybridized carbons (Fsp3) is 0.300. The highest BCUT2D eigenvalue weighted by Gasteiger charge is 2.08. The lowest BCUT2D eigenvalue weighted by atomic mass is 10.3. The highest BCUT2D eigenvalue weighted by Crippen LogP contribution is 2.32. The van der Waals surface area contributed by atoms with Gasteiger partial charge in [0.05, 0.1) is 22.3 Å². The summed E-state index contributed by atoms with van der Waals surface area (Å²) in [6.07, 6.45) is 0. The van der Waals surface area contributed by atoms with E-state index in [1.165, 1.54) is 0 Å². The highest BCUT2D eigenvalue weighted by atomic mass is 35.5. The van der Waals surface area contributed by atoms with Gasteiger partial charge in [0.2, 0.25) is 0 Å². The van der Waals surface area contributed by atoms with Gasteiger partial charge in [-0.3, -0.25) is 4.99 Å². The second-order valence-corrected chi connectivity index (χ2v) is 4.16. The fourth-order valence-electron chi connectivity index (χ4n) is 1.34. The number of anilines is 1. The Morgan fingerprint density at radius 3 is 2.39 bits per heavy atom. The van der Waals surface area contributed by atoms with Crippen molar-refractivity contribution in [1.29, 1.82) is 0 Å². The van der Waals surface area contributed by atoms with Crippen LogP contribution >= 0.6 is 48.0 Å². The van der Waals surface area contributed by atoms with Crippen LogP contribution in [0.2, 0.25) is 10.0 Å². The van der Waals surface area contributed by atoms with Crippen molar-refractivity contribution in [3.63, 3.8) is 0 Å². The van der Waals surface area contributed by atoms with Crippen molar-refractivity contribution < 1.29 is 4.74 Å². The van der Waals surface area contributed by atoms with Gasteiger partial charge in [-0.2, -0.15) is 0 Å². The minimum Gasteiger partial charge on any atom is -0.486 e. The van der Waals surface area contributed by atoms with E-state index in [0.29, 0.717) is 28.1 Å². The SMILES string of the molecule is Cl.Cl.Nc1c(Cl)cc(OCC2=NCCN2)cc1Cl. The second kappa shape index (κ2) is 7.79. The molecule has 8 heteroatoms. The minimum absolute atomic E-state index is 0. The van der Waals surface area contributed by atoms with Crippen LogP contribution in [0.1, 0.15) is 0 Å². The summed E-state index contributed by atoms with van der Waals surface area (Å²) in [4.78, 5) is 4.20. The molecule has 1 aliphatic rings. The Morgan fingerprint density at radius 2 is 1.89 bits per heavy atom. The van der Waals surface area contributed by atoms with Gasteiger partial charge in [0.25, 0.3) is 0 Å². The van der Waals surface area contributed by atoms with Crippen LogP contribution in [0.15, 0.2) is 17.1 Å². The van der Waals surface area contributed by atoms with Gasteiger partial charge in [0.1, 0.15) is 18.2 Å². The normalized spacial score (nSPS) is 12.9. The number of nitrogens with one attached hydrogen (secondary N) is 1. The zero-order chi connectivity index (χ0) is 11.5. The van der Waals surface area contributed by atoms with E-state index in [0.717, 1.165) is 18.9 Å². The summed E-state index contributed by atoms with van der Waals surface area (Å²) in [6, 6.07) is 3.27. The van der Waals surface area contributed by atoms with E-state index < -0.39 is 0 Å². The number of nitrogens with zero attached hydrogens (tertiary/aromatic N) is 1. The summed E-state index contributed by atoms with van der Waals surface area (Å²) >= 11 is 11.8. The predicted octanol–water partition coefficient (Wildman–Crippen LogP) is 2.80. The van der Waals surface area contributed by atoms with Crippen LogP contribution in [0.5, 0.6) is 5.75 Å². The standard InChI is InChI=1S/C10H11Cl2N3O.2ClH/c11-7-3-6(4-8(12)10(7)13)16-5-9-14-1-2-15-9;;/h3-4H,1-2,5,13H2,(H,14,15);2*1H. The molecular formula is C10H13Cl4N3O. The van der Waals surface area contributed by atoms with Gasteiger partial charge in [-0.1, -0.05) is 23.2 Å². The van der Waals surface area contributed by atoms with Crippen molar-refractivity contribution in [3.8, 4) is 5.75 Å². The summed E-state index contributed by atoms with van der Waals surface area (Å²) in [5.41, 5.74) is 5.98. The Labute approximate surface area is 128 Å². The quantitative estimate of drug-likeness (QED) is 0.837. The first-order chi connectivity index (χ1) is 7.66. The molecule has 0 spiro atoms. The van der Waals surface area contributed by atoms with Gasteiger partial charge in [-0.05, 0) is 0 Å². The van der Waals surface area contributed by atoms with E-state index >= 15 is 0 Å². The van der Waals surface area contributed by atoms with Crippen LogP contribution in [-0.2, 0) is 0 Å². The maximum atomic E-state index is 5.88. The van der Waals surface area contributed by atoms with E-state index in [2.05, 4.69) is 10.3 Å². The lowest BCUT2D eigenvalue weighted by Gasteiger charge is -2.09. The molecule has 0 unspecified atom stereocenters. The molecule has 1 heterocycles. The fourth-order valence-corrected chi connectivity index (χ4v) is 1.81. The van der Waals surface area contributed by atoms with Crippen molar-refractivity contribution >= 4 is 59.5 Å². The summed E-state index contributed by atoms with van der Waals surface area (Å²) in [5, 5.41) is 3.89. The molecule has 1 aromatic rings. The summed E-state index contributed by atoms with van der Waals surface area (Å²) in [5.74, 6) is 1.42. The van der Waals surface area contributed by atoms with Crippen molar-refractivity contribution in [2.24, 2.45) is 4.99 Å². The molecule has 0 aliphatic carbocycles. The molecule has 3 N–H and O–H groups in total. The van der Waals surface area contributed by atoms with E-state index in [1.54, 1.807) is 12.1 Å². The Hall–Kier alpha value is -0.550. The van der Waals surface area contributed by atoms with Gasteiger partial charge in [0.15, 0.2) is 0 Å². The number of ether oxygens (including phenoxy) is 1. The predicted molar refractivity (Wildman–Crippen MR) is 81.2 cm³/mol. The number of nitrogen functional groups attached to an aromatic ring is 1. The molecule has 0 bridgehead atoms. The molecule has 0 amide bonds. The van der Waals surface area contributed by atoms with E-state index in [4.69, 9.17) is 33.7 Å². The number of rotatable bonds is 3. The maximum Gasteiger partial charge on any atom is 0.145 e. The van der Waals surface area contributed by atoms with Crippen LogP contribution in [0.3, 0.4) is 0 Å². The average Bonchev–Trinajstić information content (AvgIpc) is 2.75. The van der Waals surface area contributed by atoms with E-state index in [1.807, 2.05) is 0 Å². The lowest BCUT2D eigenvalue weighted by molar-refractivity contribution is 0.373. The first-order valence-electron chi connectivity index (χ1n) is 4.81. The Kier molecular flexibility index (Phi) is 7.55.